The fourth-order valence-corrected chi connectivity index (χ4v) is 1.69. The fourth-order valence-electron chi connectivity index (χ4n) is 1.69. The number of phenolic OH excluding ortho intramolecular Hbond substituents is 1. The number of likely N-dealkylation sites (N-methyl/N-ethyl adjacent to an activating group) is 1. The first-order valence-corrected chi connectivity index (χ1v) is 5.22. The van der Waals surface area contributed by atoms with Crippen LogP contribution in [-0.2, 0) is 0 Å². The molecule has 0 bridgehead atoms. The van der Waals surface area contributed by atoms with Gasteiger partial charge in [0.15, 0.2) is 0 Å². The Balaban J connectivity index is 3.05. The minimum Gasteiger partial charge on any atom is -0.508 e. The van der Waals surface area contributed by atoms with Crippen molar-refractivity contribution in [2.75, 3.05) is 18.0 Å². The minimum absolute atomic E-state index is 0.0705. The maximum Gasteiger partial charge on any atom is 0.409 e. The highest BCUT2D eigenvalue weighted by Crippen LogP contribution is 2.29. The molecule has 17 heavy (non-hydrogen) atoms. The number of nitrogens with two attached hydrogens (primary N) is 1. The van der Waals surface area contributed by atoms with Crippen molar-refractivity contribution in [3.8, 4) is 5.75 Å². The van der Waals surface area contributed by atoms with Gasteiger partial charge in [-0.1, -0.05) is 6.07 Å². The summed E-state index contributed by atoms with van der Waals surface area (Å²) in [6, 6.07) is 3.96. The van der Waals surface area contributed by atoms with E-state index in [-0.39, 0.29) is 12.3 Å². The Labute approximate surface area is 97.6 Å². The lowest BCUT2D eigenvalue weighted by Gasteiger charge is -2.33. The molecule has 0 amide bonds. The largest absolute Gasteiger partial charge is 0.508 e. The number of anilines is 1. The third-order valence-corrected chi connectivity index (χ3v) is 2.48. The maximum atomic E-state index is 12.8. The van der Waals surface area contributed by atoms with Crippen molar-refractivity contribution in [1.29, 1.82) is 0 Å². The van der Waals surface area contributed by atoms with E-state index >= 15 is 0 Å². The van der Waals surface area contributed by atoms with E-state index in [0.717, 1.165) is 4.90 Å². The van der Waals surface area contributed by atoms with Crippen LogP contribution in [0.25, 0.3) is 0 Å². The first-order chi connectivity index (χ1) is 7.90. The second-order valence-electron chi connectivity index (χ2n) is 3.60. The van der Waals surface area contributed by atoms with Gasteiger partial charge < -0.3 is 15.7 Å². The molecular formula is C11H15F3N2O. The molecule has 1 atom stereocenters. The van der Waals surface area contributed by atoms with Gasteiger partial charge in [-0.05, 0) is 19.1 Å². The molecule has 0 radical (unpaired) electrons. The van der Waals surface area contributed by atoms with E-state index in [1.54, 1.807) is 6.92 Å². The topological polar surface area (TPSA) is 49.5 Å². The van der Waals surface area contributed by atoms with Crippen molar-refractivity contribution < 1.29 is 18.3 Å². The van der Waals surface area contributed by atoms with E-state index in [9.17, 15) is 18.3 Å². The van der Waals surface area contributed by atoms with Crippen molar-refractivity contribution >= 4 is 5.69 Å². The first kappa shape index (κ1) is 13.6. The quantitative estimate of drug-likeness (QED) is 0.858. The molecule has 96 valence electrons. The van der Waals surface area contributed by atoms with E-state index in [0.29, 0.717) is 5.69 Å². The summed E-state index contributed by atoms with van der Waals surface area (Å²) in [6.45, 7) is 1.25. The van der Waals surface area contributed by atoms with Crippen LogP contribution in [0, 0.1) is 0 Å². The van der Waals surface area contributed by atoms with E-state index in [2.05, 4.69) is 0 Å². The zero-order chi connectivity index (χ0) is 13.1. The molecule has 1 aromatic rings. The van der Waals surface area contributed by atoms with Crippen LogP contribution < -0.4 is 10.6 Å². The van der Waals surface area contributed by atoms with Crippen LogP contribution in [-0.4, -0.2) is 30.4 Å². The Morgan fingerprint density at radius 3 is 2.47 bits per heavy atom. The molecule has 3 N–H and O–H groups in total. The van der Waals surface area contributed by atoms with E-state index < -0.39 is 18.8 Å². The summed E-state index contributed by atoms with van der Waals surface area (Å²) < 4.78 is 38.3. The molecule has 1 unspecified atom stereocenters. The van der Waals surface area contributed by atoms with Crippen LogP contribution in [0.2, 0.25) is 0 Å². The number of halogens is 3. The fraction of sp³-hybridized carbons (Fsp3) is 0.455. The molecule has 0 aliphatic rings. The minimum atomic E-state index is -4.39. The molecule has 6 heteroatoms. The Bertz CT molecular complexity index is 368. The highest BCUT2D eigenvalue weighted by molar-refractivity contribution is 5.51. The molecule has 0 heterocycles. The van der Waals surface area contributed by atoms with Gasteiger partial charge in [0.25, 0.3) is 0 Å². The molecular weight excluding hydrogens is 233 g/mol. The van der Waals surface area contributed by atoms with Crippen molar-refractivity contribution in [1.82, 2.24) is 0 Å². The Morgan fingerprint density at radius 2 is 2.06 bits per heavy atom. The molecule has 1 rings (SSSR count). The first-order valence-electron chi connectivity index (χ1n) is 5.22. The van der Waals surface area contributed by atoms with E-state index in [1.165, 1.54) is 24.3 Å². The average molecular weight is 248 g/mol. The van der Waals surface area contributed by atoms with Gasteiger partial charge in [0.1, 0.15) is 11.8 Å². The van der Waals surface area contributed by atoms with Crippen molar-refractivity contribution in [3.63, 3.8) is 0 Å². The molecule has 0 aliphatic heterocycles. The summed E-state index contributed by atoms with van der Waals surface area (Å²) in [5.74, 6) is -0.0705. The van der Waals surface area contributed by atoms with Gasteiger partial charge in [-0.25, -0.2) is 0 Å². The SMILES string of the molecule is CCN(c1cccc(O)c1)C(CN)C(F)(F)F. The number of aromatic hydroxyl groups is 1. The third kappa shape index (κ3) is 3.26. The number of hydrogen-bond donors (Lipinski definition) is 2. The second-order valence-corrected chi connectivity index (χ2v) is 3.60. The number of benzene rings is 1. The van der Waals surface area contributed by atoms with Crippen molar-refractivity contribution in [2.45, 2.75) is 19.1 Å². The normalized spacial score (nSPS) is 13.5. The lowest BCUT2D eigenvalue weighted by atomic mass is 10.2. The Morgan fingerprint density at radius 1 is 1.41 bits per heavy atom. The molecule has 0 spiro atoms. The summed E-state index contributed by atoms with van der Waals surface area (Å²) in [5, 5.41) is 9.28. The van der Waals surface area contributed by atoms with Gasteiger partial charge >= 0.3 is 6.18 Å². The zero-order valence-corrected chi connectivity index (χ0v) is 9.41. The van der Waals surface area contributed by atoms with Gasteiger partial charge in [0.05, 0.1) is 0 Å². The van der Waals surface area contributed by atoms with E-state index in [1.807, 2.05) is 0 Å². The zero-order valence-electron chi connectivity index (χ0n) is 9.41. The van der Waals surface area contributed by atoms with Gasteiger partial charge in [0.2, 0.25) is 0 Å². The van der Waals surface area contributed by atoms with Gasteiger partial charge in [-0.3, -0.25) is 0 Å². The Kier molecular flexibility index (Phi) is 4.22. The molecule has 0 fully saturated rings. The van der Waals surface area contributed by atoms with Crippen LogP contribution in [0.3, 0.4) is 0 Å². The number of hydrogen-bond acceptors (Lipinski definition) is 3. The summed E-state index contributed by atoms with van der Waals surface area (Å²) in [4.78, 5) is 1.12. The number of alkyl halides is 3. The molecule has 1 aromatic carbocycles. The van der Waals surface area contributed by atoms with Crippen LogP contribution in [0.15, 0.2) is 24.3 Å². The maximum absolute atomic E-state index is 12.8. The second kappa shape index (κ2) is 5.27. The number of rotatable bonds is 4. The van der Waals surface area contributed by atoms with Crippen molar-refractivity contribution in [3.05, 3.63) is 24.3 Å². The smallest absolute Gasteiger partial charge is 0.409 e. The van der Waals surface area contributed by atoms with Crippen LogP contribution >= 0.6 is 0 Å². The summed E-state index contributed by atoms with van der Waals surface area (Å²) in [7, 11) is 0. The molecule has 3 nitrogen and oxygen atoms in total. The third-order valence-electron chi connectivity index (χ3n) is 2.48. The van der Waals surface area contributed by atoms with Crippen LogP contribution in [0.4, 0.5) is 18.9 Å². The van der Waals surface area contributed by atoms with Gasteiger partial charge in [-0.15, -0.1) is 0 Å². The van der Waals surface area contributed by atoms with Gasteiger partial charge in [0, 0.05) is 24.8 Å². The van der Waals surface area contributed by atoms with Gasteiger partial charge in [-0.2, -0.15) is 13.2 Å². The Hall–Kier alpha value is -1.43. The lowest BCUT2D eigenvalue weighted by Crippen LogP contribution is -2.50. The predicted octanol–water partition coefficient (Wildman–Crippen LogP) is 2.11. The summed E-state index contributed by atoms with van der Waals surface area (Å²) in [5.41, 5.74) is 5.49. The molecule has 0 aliphatic carbocycles. The molecule has 0 saturated heterocycles. The highest BCUT2D eigenvalue weighted by Gasteiger charge is 2.42. The standard InChI is InChI=1S/C11H15F3N2O/c1-2-16(10(7-15)11(12,13)14)8-4-3-5-9(17)6-8/h3-6,10,17H,2,7,15H2,1H3. The molecule has 0 aromatic heterocycles. The number of nitrogens with zero attached hydrogens (tertiary/aromatic N) is 1. The summed E-state index contributed by atoms with van der Waals surface area (Å²) >= 11 is 0. The predicted molar refractivity (Wildman–Crippen MR) is 60.0 cm³/mol. The average Bonchev–Trinajstić information content (AvgIpc) is 2.23. The summed E-state index contributed by atoms with van der Waals surface area (Å²) in [6.07, 6.45) is -4.39. The van der Waals surface area contributed by atoms with Crippen LogP contribution in [0.5, 0.6) is 5.75 Å². The van der Waals surface area contributed by atoms with Crippen molar-refractivity contribution in [2.24, 2.45) is 5.73 Å². The number of phenols is 1. The van der Waals surface area contributed by atoms with E-state index in [4.69, 9.17) is 5.73 Å². The highest BCUT2D eigenvalue weighted by atomic mass is 19.4. The van der Waals surface area contributed by atoms with Crippen LogP contribution in [0.1, 0.15) is 6.92 Å². The molecule has 0 saturated carbocycles. The lowest BCUT2D eigenvalue weighted by molar-refractivity contribution is -0.146. The monoisotopic (exact) mass is 248 g/mol.